The highest BCUT2D eigenvalue weighted by molar-refractivity contribution is 7.86. The monoisotopic (exact) mass is 515 g/mol. The van der Waals surface area contributed by atoms with Crippen LogP contribution in [-0.4, -0.2) is 55.2 Å². The van der Waals surface area contributed by atoms with E-state index in [0.29, 0.717) is 23.1 Å². The lowest BCUT2D eigenvalue weighted by molar-refractivity contribution is -0.143. The van der Waals surface area contributed by atoms with Crippen LogP contribution in [0.2, 0.25) is 0 Å². The fraction of sp³-hybridized carbons (Fsp3) is 0.385. The minimum atomic E-state index is -3.75. The van der Waals surface area contributed by atoms with Crippen molar-refractivity contribution in [3.8, 4) is 17.2 Å². The Morgan fingerprint density at radius 1 is 1.08 bits per heavy atom. The molecule has 0 fully saturated rings. The predicted molar refractivity (Wildman–Crippen MR) is 136 cm³/mol. The van der Waals surface area contributed by atoms with Gasteiger partial charge >= 0.3 is 5.97 Å². The van der Waals surface area contributed by atoms with E-state index in [1.54, 1.807) is 25.1 Å². The van der Waals surface area contributed by atoms with E-state index in [2.05, 4.69) is 4.98 Å². The summed E-state index contributed by atoms with van der Waals surface area (Å²) >= 11 is 0. The molecule has 0 N–H and O–H groups in total. The molecule has 2 aromatic carbocycles. The largest absolute Gasteiger partial charge is 0.487 e. The minimum Gasteiger partial charge on any atom is -0.487 e. The molecule has 10 heteroatoms. The summed E-state index contributed by atoms with van der Waals surface area (Å²) in [7, 11) is -0.841. The van der Waals surface area contributed by atoms with Crippen LogP contribution in [0.3, 0.4) is 0 Å². The number of aryl methyl sites for hydroxylation is 2. The zero-order valence-electron chi connectivity index (χ0n) is 21.4. The maximum atomic E-state index is 12.8. The summed E-state index contributed by atoms with van der Waals surface area (Å²) in [6.45, 7) is 6.11. The van der Waals surface area contributed by atoms with Gasteiger partial charge in [0.05, 0.1) is 13.0 Å². The van der Waals surface area contributed by atoms with E-state index >= 15 is 0 Å². The van der Waals surface area contributed by atoms with E-state index in [1.807, 2.05) is 44.2 Å². The molecule has 1 heterocycles. The Labute approximate surface area is 212 Å². The molecular formula is C26H33N3O6S. The van der Waals surface area contributed by atoms with Gasteiger partial charge in [0.2, 0.25) is 5.89 Å². The first-order valence-electron chi connectivity index (χ1n) is 11.7. The Balaban J connectivity index is 1.70. The number of nitrogens with zero attached hydrogens (tertiary/aromatic N) is 3. The van der Waals surface area contributed by atoms with Crippen molar-refractivity contribution in [3.05, 3.63) is 71.1 Å². The maximum Gasteiger partial charge on any atom is 0.307 e. The maximum absolute atomic E-state index is 12.8. The molecule has 3 rings (SSSR count). The lowest BCUT2D eigenvalue weighted by Gasteiger charge is -2.25. The summed E-state index contributed by atoms with van der Waals surface area (Å²) in [5.41, 5.74) is 3.45. The van der Waals surface area contributed by atoms with Crippen molar-refractivity contribution >= 4 is 16.2 Å². The van der Waals surface area contributed by atoms with Gasteiger partial charge in [0, 0.05) is 32.7 Å². The van der Waals surface area contributed by atoms with E-state index in [-0.39, 0.29) is 32.7 Å². The molecule has 0 aliphatic rings. The Morgan fingerprint density at radius 3 is 2.47 bits per heavy atom. The summed E-state index contributed by atoms with van der Waals surface area (Å²) in [4.78, 5) is 16.4. The molecule has 0 saturated heterocycles. The number of carbonyl (C=O) groups excluding carboxylic acids is 1. The molecule has 0 bridgehead atoms. The van der Waals surface area contributed by atoms with Crippen LogP contribution in [0.25, 0.3) is 11.5 Å². The molecule has 3 aromatic rings. The highest BCUT2D eigenvalue weighted by Crippen LogP contribution is 2.24. The summed E-state index contributed by atoms with van der Waals surface area (Å²) in [5.74, 6) is 1.33. The van der Waals surface area contributed by atoms with Gasteiger partial charge in [-0.05, 0) is 50.6 Å². The summed E-state index contributed by atoms with van der Waals surface area (Å²) in [5, 5.41) is 0. The third kappa shape index (κ3) is 7.16. The number of aromatic nitrogens is 1. The van der Waals surface area contributed by atoms with Crippen LogP contribution < -0.4 is 4.74 Å². The second-order valence-electron chi connectivity index (χ2n) is 8.50. The van der Waals surface area contributed by atoms with Crippen molar-refractivity contribution in [2.45, 2.75) is 40.3 Å². The van der Waals surface area contributed by atoms with Crippen molar-refractivity contribution in [2.24, 2.45) is 0 Å². The zero-order valence-corrected chi connectivity index (χ0v) is 22.2. The molecule has 0 spiro atoms. The predicted octanol–water partition coefficient (Wildman–Crippen LogP) is 4.10. The minimum absolute atomic E-state index is 0.00432. The van der Waals surface area contributed by atoms with Crippen LogP contribution in [0.5, 0.6) is 5.75 Å². The van der Waals surface area contributed by atoms with E-state index in [4.69, 9.17) is 13.9 Å². The highest BCUT2D eigenvalue weighted by Gasteiger charge is 2.25. The van der Waals surface area contributed by atoms with Crippen LogP contribution in [-0.2, 0) is 32.9 Å². The van der Waals surface area contributed by atoms with Gasteiger partial charge in [-0.25, -0.2) is 4.98 Å². The van der Waals surface area contributed by atoms with E-state index < -0.39 is 16.2 Å². The van der Waals surface area contributed by atoms with Gasteiger partial charge in [0.15, 0.2) is 0 Å². The molecule has 36 heavy (non-hydrogen) atoms. The number of esters is 1. The third-order valence-corrected chi connectivity index (χ3v) is 7.37. The van der Waals surface area contributed by atoms with Gasteiger partial charge in [-0.1, -0.05) is 29.8 Å². The van der Waals surface area contributed by atoms with Gasteiger partial charge in [0.1, 0.15) is 23.8 Å². The molecule has 0 unspecified atom stereocenters. The number of ether oxygens (including phenoxy) is 2. The van der Waals surface area contributed by atoms with Crippen molar-refractivity contribution in [1.82, 2.24) is 13.6 Å². The van der Waals surface area contributed by atoms with E-state index in [9.17, 15) is 13.2 Å². The van der Waals surface area contributed by atoms with Gasteiger partial charge in [-0.3, -0.25) is 4.79 Å². The number of rotatable bonds is 12. The SMILES string of the molecule is CCOC(=O)CCN(Cc1cccc(OCc2nc(-c3ccc(C)cc3)oc2C)c1)S(=O)(=O)N(C)C. The molecule has 0 radical (unpaired) electrons. The van der Waals surface area contributed by atoms with Crippen LogP contribution in [0, 0.1) is 13.8 Å². The first-order chi connectivity index (χ1) is 17.1. The fourth-order valence-corrected chi connectivity index (χ4v) is 4.52. The second-order valence-corrected chi connectivity index (χ2v) is 10.6. The number of carbonyl (C=O) groups is 1. The second kappa shape index (κ2) is 12.2. The first kappa shape index (κ1) is 27.4. The van der Waals surface area contributed by atoms with Crippen molar-refractivity contribution in [1.29, 1.82) is 0 Å². The topological polar surface area (TPSA) is 102 Å². The Morgan fingerprint density at radius 2 is 1.81 bits per heavy atom. The van der Waals surface area contributed by atoms with Crippen molar-refractivity contribution in [2.75, 3.05) is 27.2 Å². The molecule has 0 aliphatic heterocycles. The average Bonchev–Trinajstić information content (AvgIpc) is 3.21. The lowest BCUT2D eigenvalue weighted by Crippen LogP contribution is -2.40. The number of hydrogen-bond donors (Lipinski definition) is 0. The molecule has 0 saturated carbocycles. The quantitative estimate of drug-likeness (QED) is 0.335. The Bertz CT molecular complexity index is 1270. The smallest absolute Gasteiger partial charge is 0.307 e. The molecule has 0 aliphatic carbocycles. The number of hydrogen-bond acceptors (Lipinski definition) is 7. The van der Waals surface area contributed by atoms with Crippen molar-refractivity contribution in [3.63, 3.8) is 0 Å². The highest BCUT2D eigenvalue weighted by atomic mass is 32.2. The van der Waals surface area contributed by atoms with Crippen molar-refractivity contribution < 1.29 is 27.1 Å². The van der Waals surface area contributed by atoms with Gasteiger partial charge < -0.3 is 13.9 Å². The average molecular weight is 516 g/mol. The summed E-state index contributed by atoms with van der Waals surface area (Å²) in [6.07, 6.45) is -0.0359. The Kier molecular flexibility index (Phi) is 9.25. The molecule has 9 nitrogen and oxygen atoms in total. The molecular weight excluding hydrogens is 482 g/mol. The number of benzene rings is 2. The van der Waals surface area contributed by atoms with Gasteiger partial charge in [0.25, 0.3) is 10.2 Å². The molecule has 0 atom stereocenters. The summed E-state index contributed by atoms with van der Waals surface area (Å²) in [6, 6.07) is 15.1. The van der Waals surface area contributed by atoms with Gasteiger partial charge in [-0.2, -0.15) is 17.0 Å². The van der Waals surface area contributed by atoms with E-state index in [1.165, 1.54) is 18.4 Å². The third-order valence-electron chi connectivity index (χ3n) is 5.48. The number of oxazole rings is 1. The van der Waals surface area contributed by atoms with Crippen LogP contribution in [0.15, 0.2) is 52.9 Å². The van der Waals surface area contributed by atoms with Crippen LogP contribution >= 0.6 is 0 Å². The zero-order chi connectivity index (χ0) is 26.3. The van der Waals surface area contributed by atoms with Crippen LogP contribution in [0.4, 0.5) is 0 Å². The van der Waals surface area contributed by atoms with Gasteiger partial charge in [-0.15, -0.1) is 0 Å². The lowest BCUT2D eigenvalue weighted by atomic mass is 10.1. The Hall–Kier alpha value is -3.21. The van der Waals surface area contributed by atoms with Crippen LogP contribution in [0.1, 0.15) is 35.9 Å². The first-order valence-corrected chi connectivity index (χ1v) is 13.1. The molecule has 0 amide bonds. The fourth-order valence-electron chi connectivity index (χ4n) is 3.43. The standard InChI is InChI=1S/C26H33N3O6S/c1-6-33-25(30)14-15-29(36(31,32)28(4)5)17-21-8-7-9-23(16-21)34-18-24-20(3)35-26(27-24)22-12-10-19(2)11-13-22/h7-13,16H,6,14-15,17-18H2,1-5H3. The molecule has 194 valence electrons. The summed E-state index contributed by atoms with van der Waals surface area (Å²) < 4.78 is 44.7. The normalized spacial score (nSPS) is 11.8. The van der Waals surface area contributed by atoms with E-state index in [0.717, 1.165) is 21.0 Å². The molecule has 1 aromatic heterocycles.